The Hall–Kier alpha value is -3.20. The SMILES string of the molecule is Cc1ccc(C)c(-n2c(C)nnc2SCC(=O)NCC(=O)Nc2cccnc2)c1. The van der Waals surface area contributed by atoms with E-state index in [0.717, 1.165) is 22.6 Å². The molecule has 2 aromatic heterocycles. The third-order valence-corrected chi connectivity index (χ3v) is 5.05. The summed E-state index contributed by atoms with van der Waals surface area (Å²) >= 11 is 1.28. The van der Waals surface area contributed by atoms with E-state index in [0.29, 0.717) is 10.8 Å². The van der Waals surface area contributed by atoms with Crippen molar-refractivity contribution in [3.05, 3.63) is 59.7 Å². The third-order valence-electron chi connectivity index (χ3n) is 4.12. The molecule has 9 heteroatoms. The highest BCUT2D eigenvalue weighted by molar-refractivity contribution is 7.99. The van der Waals surface area contributed by atoms with Gasteiger partial charge >= 0.3 is 0 Å². The van der Waals surface area contributed by atoms with Gasteiger partial charge < -0.3 is 10.6 Å². The summed E-state index contributed by atoms with van der Waals surface area (Å²) in [5.74, 6) is 0.302. The Morgan fingerprint density at radius 3 is 2.69 bits per heavy atom. The van der Waals surface area contributed by atoms with E-state index in [9.17, 15) is 9.59 Å². The molecule has 0 fully saturated rings. The van der Waals surface area contributed by atoms with Crippen LogP contribution in [0.2, 0.25) is 0 Å². The third kappa shape index (κ3) is 5.41. The molecule has 3 aromatic rings. The number of aryl methyl sites for hydroxylation is 3. The van der Waals surface area contributed by atoms with Crippen LogP contribution >= 0.6 is 11.8 Å². The summed E-state index contributed by atoms with van der Waals surface area (Å²) < 4.78 is 1.94. The van der Waals surface area contributed by atoms with Crippen LogP contribution in [0.25, 0.3) is 5.69 Å². The molecule has 8 nitrogen and oxygen atoms in total. The zero-order valence-corrected chi connectivity index (χ0v) is 17.3. The highest BCUT2D eigenvalue weighted by Gasteiger charge is 2.15. The fourth-order valence-electron chi connectivity index (χ4n) is 2.68. The minimum absolute atomic E-state index is 0.114. The summed E-state index contributed by atoms with van der Waals surface area (Å²) in [4.78, 5) is 28.0. The average Bonchev–Trinajstić information content (AvgIpc) is 3.07. The van der Waals surface area contributed by atoms with Crippen LogP contribution < -0.4 is 10.6 Å². The number of amides is 2. The Balaban J connectivity index is 1.57. The first-order valence-corrected chi connectivity index (χ1v) is 10.0. The van der Waals surface area contributed by atoms with Gasteiger partial charge in [0.15, 0.2) is 5.16 Å². The van der Waals surface area contributed by atoms with Gasteiger partial charge in [-0.05, 0) is 50.1 Å². The Kier molecular flexibility index (Phi) is 6.61. The number of hydrogen-bond acceptors (Lipinski definition) is 6. The second-order valence-electron chi connectivity index (χ2n) is 6.51. The molecule has 0 saturated heterocycles. The Morgan fingerprint density at radius 1 is 1.10 bits per heavy atom. The normalized spacial score (nSPS) is 10.6. The lowest BCUT2D eigenvalue weighted by atomic mass is 10.1. The molecule has 0 spiro atoms. The van der Waals surface area contributed by atoms with Gasteiger partial charge in [-0.15, -0.1) is 10.2 Å². The zero-order valence-electron chi connectivity index (χ0n) is 16.5. The maximum Gasteiger partial charge on any atom is 0.243 e. The van der Waals surface area contributed by atoms with Crippen LogP contribution in [0.15, 0.2) is 47.9 Å². The Morgan fingerprint density at radius 2 is 1.93 bits per heavy atom. The number of nitrogens with zero attached hydrogens (tertiary/aromatic N) is 4. The largest absolute Gasteiger partial charge is 0.346 e. The highest BCUT2D eigenvalue weighted by Crippen LogP contribution is 2.24. The van der Waals surface area contributed by atoms with E-state index in [4.69, 9.17) is 0 Å². The maximum absolute atomic E-state index is 12.2. The number of rotatable bonds is 7. The molecule has 29 heavy (non-hydrogen) atoms. The monoisotopic (exact) mass is 410 g/mol. The van der Waals surface area contributed by atoms with Crippen LogP contribution in [0.5, 0.6) is 0 Å². The van der Waals surface area contributed by atoms with Gasteiger partial charge in [0.25, 0.3) is 0 Å². The molecule has 0 radical (unpaired) electrons. The molecule has 0 aliphatic heterocycles. The van der Waals surface area contributed by atoms with Crippen LogP contribution in [0.1, 0.15) is 17.0 Å². The van der Waals surface area contributed by atoms with Crippen molar-refractivity contribution in [3.63, 3.8) is 0 Å². The van der Waals surface area contributed by atoms with Crippen molar-refractivity contribution in [1.29, 1.82) is 0 Å². The summed E-state index contributed by atoms with van der Waals surface area (Å²) in [6.07, 6.45) is 3.16. The summed E-state index contributed by atoms with van der Waals surface area (Å²) in [6.45, 7) is 5.81. The Bertz CT molecular complexity index is 1020. The quantitative estimate of drug-likeness (QED) is 0.580. The minimum Gasteiger partial charge on any atom is -0.346 e. The molecule has 0 aliphatic carbocycles. The number of pyridine rings is 1. The molecule has 0 atom stereocenters. The topological polar surface area (TPSA) is 102 Å². The van der Waals surface area contributed by atoms with Gasteiger partial charge in [0.2, 0.25) is 11.8 Å². The van der Waals surface area contributed by atoms with Gasteiger partial charge in [0.05, 0.1) is 29.9 Å². The van der Waals surface area contributed by atoms with E-state index in [1.807, 2.05) is 31.4 Å². The predicted molar refractivity (Wildman–Crippen MR) is 112 cm³/mol. The van der Waals surface area contributed by atoms with Gasteiger partial charge in [-0.3, -0.25) is 19.1 Å². The molecule has 150 valence electrons. The van der Waals surface area contributed by atoms with Crippen LogP contribution in [0.3, 0.4) is 0 Å². The smallest absolute Gasteiger partial charge is 0.243 e. The lowest BCUT2D eigenvalue weighted by Crippen LogP contribution is -2.34. The molecular formula is C20H22N6O2S. The second kappa shape index (κ2) is 9.33. The van der Waals surface area contributed by atoms with Crippen molar-refractivity contribution in [3.8, 4) is 5.69 Å². The van der Waals surface area contributed by atoms with Crippen molar-refractivity contribution < 1.29 is 9.59 Å². The molecule has 0 saturated carbocycles. The minimum atomic E-state index is -0.314. The fourth-order valence-corrected chi connectivity index (χ4v) is 3.50. The molecule has 1 aromatic carbocycles. The first kappa shape index (κ1) is 20.5. The summed E-state index contributed by atoms with van der Waals surface area (Å²) in [5.41, 5.74) is 3.80. The number of thioether (sulfide) groups is 1. The van der Waals surface area contributed by atoms with Gasteiger partial charge in [-0.1, -0.05) is 23.9 Å². The molecule has 0 aliphatic rings. The summed E-state index contributed by atoms with van der Waals surface area (Å²) in [7, 11) is 0. The lowest BCUT2D eigenvalue weighted by molar-refractivity contribution is -0.122. The molecule has 2 N–H and O–H groups in total. The van der Waals surface area contributed by atoms with Crippen LogP contribution in [-0.4, -0.2) is 43.9 Å². The number of hydrogen-bond donors (Lipinski definition) is 2. The van der Waals surface area contributed by atoms with E-state index in [-0.39, 0.29) is 24.1 Å². The average molecular weight is 411 g/mol. The van der Waals surface area contributed by atoms with Crippen molar-refractivity contribution in [2.45, 2.75) is 25.9 Å². The molecule has 2 heterocycles. The standard InChI is InChI=1S/C20H22N6O2S/c1-13-6-7-14(2)17(9-13)26-15(3)24-25-20(26)29-12-19(28)22-11-18(27)23-16-5-4-8-21-10-16/h4-10H,11-12H2,1-3H3,(H,22,28)(H,23,27). The summed E-state index contributed by atoms with van der Waals surface area (Å²) in [6, 6.07) is 9.62. The van der Waals surface area contributed by atoms with Gasteiger partial charge in [0, 0.05) is 6.20 Å². The first-order valence-electron chi connectivity index (χ1n) is 9.03. The predicted octanol–water partition coefficient (Wildman–Crippen LogP) is 2.43. The maximum atomic E-state index is 12.2. The van der Waals surface area contributed by atoms with E-state index >= 15 is 0 Å². The van der Waals surface area contributed by atoms with Gasteiger partial charge in [0.1, 0.15) is 5.82 Å². The molecule has 2 amide bonds. The number of nitrogens with one attached hydrogen (secondary N) is 2. The van der Waals surface area contributed by atoms with E-state index in [1.165, 1.54) is 18.0 Å². The second-order valence-corrected chi connectivity index (χ2v) is 7.45. The first-order chi connectivity index (χ1) is 13.9. The number of aromatic nitrogens is 4. The van der Waals surface area contributed by atoms with E-state index in [1.54, 1.807) is 18.3 Å². The van der Waals surface area contributed by atoms with Gasteiger partial charge in [-0.25, -0.2) is 0 Å². The molecule has 0 unspecified atom stereocenters. The van der Waals surface area contributed by atoms with Crippen molar-refractivity contribution >= 4 is 29.3 Å². The van der Waals surface area contributed by atoms with E-state index < -0.39 is 0 Å². The fraction of sp³-hybridized carbons (Fsp3) is 0.250. The number of anilines is 1. The lowest BCUT2D eigenvalue weighted by Gasteiger charge is -2.12. The van der Waals surface area contributed by atoms with Crippen molar-refractivity contribution in [2.24, 2.45) is 0 Å². The van der Waals surface area contributed by atoms with Gasteiger partial charge in [-0.2, -0.15) is 0 Å². The van der Waals surface area contributed by atoms with Crippen LogP contribution in [0.4, 0.5) is 5.69 Å². The molecule has 0 bridgehead atoms. The zero-order chi connectivity index (χ0) is 20.8. The van der Waals surface area contributed by atoms with Crippen LogP contribution in [0, 0.1) is 20.8 Å². The van der Waals surface area contributed by atoms with Crippen molar-refractivity contribution in [1.82, 2.24) is 25.1 Å². The number of carbonyl (C=O) groups is 2. The Labute approximate surface area is 173 Å². The number of carbonyl (C=O) groups excluding carboxylic acids is 2. The highest BCUT2D eigenvalue weighted by atomic mass is 32.2. The molecule has 3 rings (SSSR count). The van der Waals surface area contributed by atoms with Crippen LogP contribution in [-0.2, 0) is 9.59 Å². The van der Waals surface area contributed by atoms with E-state index in [2.05, 4.69) is 37.9 Å². The molecular weight excluding hydrogens is 388 g/mol. The summed E-state index contributed by atoms with van der Waals surface area (Å²) in [5, 5.41) is 14.3. The van der Waals surface area contributed by atoms with Crippen molar-refractivity contribution in [2.75, 3.05) is 17.6 Å². The number of benzene rings is 1.